The van der Waals surface area contributed by atoms with E-state index in [2.05, 4.69) is 11.6 Å². The molecular weight excluding hydrogens is 672 g/mol. The third-order valence-corrected chi connectivity index (χ3v) is 11.2. The van der Waals surface area contributed by atoms with Gasteiger partial charge in [0.2, 0.25) is 0 Å². The number of ketones is 1. The number of pyridine rings is 1. The van der Waals surface area contributed by atoms with E-state index in [0.717, 1.165) is 0 Å². The fourth-order valence-corrected chi connectivity index (χ4v) is 7.91. The van der Waals surface area contributed by atoms with Crippen LogP contribution in [0.1, 0.15) is 80.2 Å². The minimum Gasteiger partial charge on any atom is -0.461 e. The smallest absolute Gasteiger partial charge is 0.312 e. The van der Waals surface area contributed by atoms with E-state index < -0.39 is 83.6 Å². The second-order valence-electron chi connectivity index (χ2n) is 15.3. The monoisotopic (exact) mass is 734 g/mol. The van der Waals surface area contributed by atoms with Gasteiger partial charge in [-0.1, -0.05) is 33.8 Å². The molecule has 0 spiro atoms. The van der Waals surface area contributed by atoms with Crippen molar-refractivity contribution in [2.24, 2.45) is 23.7 Å². The molecule has 1 aromatic rings. The van der Waals surface area contributed by atoms with E-state index in [-0.39, 0.29) is 37.2 Å². The standard InChI is InChI=1S/C39H62N2O11/c1-12-18-41(10)28-19-23(4)49-37(32(28)44)52-35-25(6)33(51-30(42)20-27-14-16-40-17-15-27)26(7)36(46)50-29(13-2)39(9,47)34(45)24(5)31(43)22(3)21-38(35,8)48-11/h12,14-17,22-26,28-29,32-35,37,44-45,47H,1,13,18-21H2,2-11H3/t22-,23-,24+,25+,26-,28+,29-,32-,33+,34-,35-,37+,38-,39-/m1/s1. The molecule has 52 heavy (non-hydrogen) atoms. The molecule has 0 radical (unpaired) electrons. The molecule has 13 nitrogen and oxygen atoms in total. The number of ether oxygens (including phenoxy) is 5. The van der Waals surface area contributed by atoms with Gasteiger partial charge in [-0.05, 0) is 71.7 Å². The van der Waals surface area contributed by atoms with Crippen molar-refractivity contribution in [3.8, 4) is 0 Å². The molecule has 2 saturated heterocycles. The summed E-state index contributed by atoms with van der Waals surface area (Å²) in [4.78, 5) is 47.5. The van der Waals surface area contributed by atoms with Crippen molar-refractivity contribution < 1.29 is 53.4 Å². The molecule has 0 saturated carbocycles. The maximum Gasteiger partial charge on any atom is 0.312 e. The minimum atomic E-state index is -1.99. The number of carbonyl (C=O) groups excluding carboxylic acids is 3. The van der Waals surface area contributed by atoms with Crippen LogP contribution in [0.5, 0.6) is 0 Å². The molecule has 14 atom stereocenters. The van der Waals surface area contributed by atoms with Gasteiger partial charge in [0.25, 0.3) is 0 Å². The molecule has 2 fully saturated rings. The SMILES string of the molecule is C=CCN(C)[C@H]1C[C@@H](C)O[C@@H](O[C@@H]2[C@@H](C)[C@H](OC(=O)Cc3ccncc3)[C@@H](C)C(=O)O[C@H](CC)[C@@](C)(O)[C@H](O)[C@@H](C)C(=O)[C@H](C)C[C@@]2(C)OC)[C@@H]1O. The van der Waals surface area contributed by atoms with Crippen molar-refractivity contribution in [2.75, 3.05) is 20.7 Å². The van der Waals surface area contributed by atoms with Crippen LogP contribution in [0.25, 0.3) is 0 Å². The Labute approximate surface area is 309 Å². The lowest BCUT2D eigenvalue weighted by Gasteiger charge is -2.48. The Kier molecular flexibility index (Phi) is 15.5. The highest BCUT2D eigenvalue weighted by molar-refractivity contribution is 5.83. The third-order valence-electron chi connectivity index (χ3n) is 11.2. The number of likely N-dealkylation sites (N-methyl/N-ethyl adjacent to an activating group) is 1. The van der Waals surface area contributed by atoms with Crippen molar-refractivity contribution in [1.29, 1.82) is 0 Å². The van der Waals surface area contributed by atoms with Crippen LogP contribution < -0.4 is 0 Å². The summed E-state index contributed by atoms with van der Waals surface area (Å²) in [5, 5.41) is 34.6. The van der Waals surface area contributed by atoms with Crippen molar-refractivity contribution in [3.05, 3.63) is 42.7 Å². The van der Waals surface area contributed by atoms with Gasteiger partial charge in [-0.3, -0.25) is 24.3 Å². The van der Waals surface area contributed by atoms with Crippen LogP contribution >= 0.6 is 0 Å². The zero-order valence-corrected chi connectivity index (χ0v) is 32.6. The number of methoxy groups -OCH3 is 1. The molecule has 2 aliphatic heterocycles. The summed E-state index contributed by atoms with van der Waals surface area (Å²) in [6.07, 6.45) is -2.09. The Balaban J connectivity index is 2.18. The first kappa shape index (κ1) is 43.6. The first-order valence-corrected chi connectivity index (χ1v) is 18.4. The Hall–Kier alpha value is -2.78. The van der Waals surface area contributed by atoms with Crippen LogP contribution in [0.3, 0.4) is 0 Å². The number of esters is 2. The van der Waals surface area contributed by atoms with Crippen LogP contribution in [0.15, 0.2) is 37.2 Å². The molecule has 0 aromatic carbocycles. The zero-order valence-electron chi connectivity index (χ0n) is 32.6. The van der Waals surface area contributed by atoms with E-state index in [1.807, 2.05) is 18.9 Å². The van der Waals surface area contributed by atoms with Crippen LogP contribution in [0, 0.1) is 23.7 Å². The molecule has 1 aromatic heterocycles. The summed E-state index contributed by atoms with van der Waals surface area (Å²) < 4.78 is 31.2. The Morgan fingerprint density at radius 1 is 1.12 bits per heavy atom. The number of aliphatic hydroxyl groups excluding tert-OH is 2. The number of hydrogen-bond acceptors (Lipinski definition) is 13. The summed E-state index contributed by atoms with van der Waals surface area (Å²) in [6.45, 7) is 17.6. The van der Waals surface area contributed by atoms with Crippen LogP contribution in [-0.4, -0.2) is 124 Å². The molecule has 3 rings (SSSR count). The summed E-state index contributed by atoms with van der Waals surface area (Å²) in [6, 6.07) is 3.02. The van der Waals surface area contributed by atoms with E-state index in [9.17, 15) is 29.7 Å². The van der Waals surface area contributed by atoms with Gasteiger partial charge >= 0.3 is 11.9 Å². The molecular formula is C39H62N2O11. The molecule has 294 valence electrons. The number of cyclic esters (lactones) is 1. The molecule has 2 aliphatic rings. The largest absolute Gasteiger partial charge is 0.461 e. The number of hydrogen-bond donors (Lipinski definition) is 3. The predicted octanol–water partition coefficient (Wildman–Crippen LogP) is 3.26. The predicted molar refractivity (Wildman–Crippen MR) is 193 cm³/mol. The van der Waals surface area contributed by atoms with E-state index in [4.69, 9.17) is 23.7 Å². The lowest BCUT2D eigenvalue weighted by Crippen LogP contribution is -2.61. The first-order chi connectivity index (χ1) is 24.3. The number of aromatic nitrogens is 1. The second-order valence-corrected chi connectivity index (χ2v) is 15.3. The third kappa shape index (κ3) is 10.0. The lowest BCUT2D eigenvalue weighted by atomic mass is 9.74. The van der Waals surface area contributed by atoms with Crippen LogP contribution in [0.4, 0.5) is 0 Å². The summed E-state index contributed by atoms with van der Waals surface area (Å²) in [5.41, 5.74) is -2.64. The van der Waals surface area contributed by atoms with Gasteiger partial charge in [-0.25, -0.2) is 0 Å². The molecule has 0 unspecified atom stereocenters. The Morgan fingerprint density at radius 2 is 1.75 bits per heavy atom. The molecule has 3 heterocycles. The number of carbonyl (C=O) groups is 3. The summed E-state index contributed by atoms with van der Waals surface area (Å²) >= 11 is 0. The van der Waals surface area contributed by atoms with Gasteiger partial charge in [0, 0.05) is 49.8 Å². The van der Waals surface area contributed by atoms with Gasteiger partial charge in [-0.2, -0.15) is 0 Å². The van der Waals surface area contributed by atoms with Gasteiger partial charge in [0.1, 0.15) is 29.7 Å². The highest BCUT2D eigenvalue weighted by atomic mass is 16.7. The molecule has 0 amide bonds. The fourth-order valence-electron chi connectivity index (χ4n) is 7.91. The summed E-state index contributed by atoms with van der Waals surface area (Å²) in [5.74, 6) is -5.44. The van der Waals surface area contributed by atoms with Gasteiger partial charge in [0.05, 0.1) is 36.3 Å². The number of nitrogens with zero attached hydrogens (tertiary/aromatic N) is 2. The van der Waals surface area contributed by atoms with Crippen molar-refractivity contribution in [2.45, 2.75) is 141 Å². The van der Waals surface area contributed by atoms with E-state index in [1.165, 1.54) is 21.0 Å². The summed E-state index contributed by atoms with van der Waals surface area (Å²) in [7, 11) is 3.35. The minimum absolute atomic E-state index is 0.0718. The normalized spacial score (nSPS) is 39.7. The average molecular weight is 735 g/mol. The molecule has 0 aliphatic carbocycles. The Morgan fingerprint density at radius 3 is 2.33 bits per heavy atom. The number of rotatable bonds is 10. The van der Waals surface area contributed by atoms with E-state index in [0.29, 0.717) is 18.5 Å². The lowest BCUT2D eigenvalue weighted by molar-refractivity contribution is -0.302. The van der Waals surface area contributed by atoms with Gasteiger partial charge in [-0.15, -0.1) is 6.58 Å². The molecule has 3 N–H and O–H groups in total. The highest BCUT2D eigenvalue weighted by Crippen LogP contribution is 2.40. The molecule has 13 heteroatoms. The highest BCUT2D eigenvalue weighted by Gasteiger charge is 2.53. The van der Waals surface area contributed by atoms with Crippen LogP contribution in [-0.2, 0) is 44.5 Å². The van der Waals surface area contributed by atoms with Gasteiger partial charge in [0.15, 0.2) is 6.29 Å². The zero-order chi connectivity index (χ0) is 39.1. The first-order valence-electron chi connectivity index (χ1n) is 18.4. The second kappa shape index (κ2) is 18.5. The van der Waals surface area contributed by atoms with E-state index >= 15 is 0 Å². The average Bonchev–Trinajstić information content (AvgIpc) is 3.11. The van der Waals surface area contributed by atoms with E-state index in [1.54, 1.807) is 65.2 Å². The topological polar surface area (TPSA) is 174 Å². The maximum atomic E-state index is 14.0. The maximum absolute atomic E-state index is 14.0. The van der Waals surface area contributed by atoms with Crippen molar-refractivity contribution in [3.63, 3.8) is 0 Å². The number of Topliss-reactive ketones (excluding diaryl/α,β-unsaturated/α-hetero) is 1. The number of aliphatic hydroxyl groups is 3. The van der Waals surface area contributed by atoms with Crippen molar-refractivity contribution >= 4 is 17.7 Å². The van der Waals surface area contributed by atoms with Crippen LogP contribution in [0.2, 0.25) is 0 Å². The Bertz CT molecular complexity index is 1340. The molecule has 0 bridgehead atoms. The fraction of sp³-hybridized carbons (Fsp3) is 0.744. The van der Waals surface area contributed by atoms with Gasteiger partial charge < -0.3 is 39.0 Å². The quantitative estimate of drug-likeness (QED) is 0.236. The van der Waals surface area contributed by atoms with Crippen molar-refractivity contribution in [1.82, 2.24) is 9.88 Å².